The summed E-state index contributed by atoms with van der Waals surface area (Å²) in [6, 6.07) is 13.9. The third-order valence-corrected chi connectivity index (χ3v) is 3.51. The number of hydrogen-bond donors (Lipinski definition) is 1. The van der Waals surface area contributed by atoms with Crippen LogP contribution in [0.3, 0.4) is 0 Å². The van der Waals surface area contributed by atoms with E-state index < -0.39 is 11.9 Å². The van der Waals surface area contributed by atoms with Crippen molar-refractivity contribution in [1.82, 2.24) is 9.55 Å². The molecule has 0 saturated heterocycles. The highest BCUT2D eigenvalue weighted by atomic mass is 19.1. The molecule has 22 heavy (non-hydrogen) atoms. The predicted octanol–water partition coefficient (Wildman–Crippen LogP) is 2.92. The van der Waals surface area contributed by atoms with Gasteiger partial charge in [-0.05, 0) is 31.2 Å². The monoisotopic (exact) mass is 300 g/mol. The van der Waals surface area contributed by atoms with Crippen molar-refractivity contribution in [3.8, 4) is 5.75 Å². The molecule has 0 aliphatic heterocycles. The Bertz CT molecular complexity index is 785. The van der Waals surface area contributed by atoms with Crippen LogP contribution in [0.4, 0.5) is 4.39 Å². The standard InChI is InChI=1S/C17H17FN2O2/c1-12-19-15-7-3-4-8-16(15)20(12)10-13(21)11-22-17-9-5-2-6-14(17)18/h2-9,13,21H,10-11H2,1H3/t13-/m0/s1. The number of aliphatic hydroxyl groups is 1. The zero-order valence-corrected chi connectivity index (χ0v) is 12.2. The number of benzene rings is 2. The maximum absolute atomic E-state index is 13.5. The quantitative estimate of drug-likeness (QED) is 0.788. The van der Waals surface area contributed by atoms with E-state index in [1.54, 1.807) is 18.2 Å². The number of hydrogen-bond acceptors (Lipinski definition) is 3. The second kappa shape index (κ2) is 6.15. The van der Waals surface area contributed by atoms with E-state index in [9.17, 15) is 9.50 Å². The number of nitrogens with zero attached hydrogens (tertiary/aromatic N) is 2. The van der Waals surface area contributed by atoms with Crippen molar-refractivity contribution < 1.29 is 14.2 Å². The molecule has 0 amide bonds. The van der Waals surface area contributed by atoms with Crippen LogP contribution in [0.2, 0.25) is 0 Å². The Balaban J connectivity index is 1.70. The molecular formula is C17H17FN2O2. The van der Waals surface area contributed by atoms with Gasteiger partial charge in [0.05, 0.1) is 17.6 Å². The Morgan fingerprint density at radius 3 is 2.73 bits per heavy atom. The Kier molecular flexibility index (Phi) is 4.06. The third-order valence-electron chi connectivity index (χ3n) is 3.51. The number of aliphatic hydroxyl groups excluding tert-OH is 1. The van der Waals surface area contributed by atoms with Crippen LogP contribution in [-0.4, -0.2) is 27.4 Å². The van der Waals surface area contributed by atoms with Gasteiger partial charge in [-0.3, -0.25) is 0 Å². The molecular weight excluding hydrogens is 283 g/mol. The summed E-state index contributed by atoms with van der Waals surface area (Å²) < 4.78 is 20.7. The minimum Gasteiger partial charge on any atom is -0.488 e. The molecule has 1 heterocycles. The number of halogens is 1. The van der Waals surface area contributed by atoms with Crippen LogP contribution in [0.1, 0.15) is 5.82 Å². The summed E-state index contributed by atoms with van der Waals surface area (Å²) in [5.74, 6) is 0.541. The molecule has 0 unspecified atom stereocenters. The normalized spacial score (nSPS) is 12.5. The first-order chi connectivity index (χ1) is 10.6. The summed E-state index contributed by atoms with van der Waals surface area (Å²) in [4.78, 5) is 4.45. The number of fused-ring (bicyclic) bond motifs is 1. The van der Waals surface area contributed by atoms with Crippen molar-refractivity contribution in [2.45, 2.75) is 19.6 Å². The molecule has 0 bridgehead atoms. The van der Waals surface area contributed by atoms with E-state index in [0.29, 0.717) is 6.54 Å². The van der Waals surface area contributed by atoms with Crippen molar-refractivity contribution >= 4 is 11.0 Å². The maximum Gasteiger partial charge on any atom is 0.165 e. The summed E-state index contributed by atoms with van der Waals surface area (Å²) in [5.41, 5.74) is 1.85. The molecule has 2 aromatic carbocycles. The van der Waals surface area contributed by atoms with Crippen LogP contribution in [0.15, 0.2) is 48.5 Å². The van der Waals surface area contributed by atoms with Gasteiger partial charge in [0.1, 0.15) is 18.5 Å². The van der Waals surface area contributed by atoms with Gasteiger partial charge >= 0.3 is 0 Å². The first kappa shape index (κ1) is 14.5. The SMILES string of the molecule is Cc1nc2ccccc2n1C[C@H](O)COc1ccccc1F. The molecule has 1 N–H and O–H groups in total. The van der Waals surface area contributed by atoms with Gasteiger partial charge in [-0.1, -0.05) is 24.3 Å². The van der Waals surface area contributed by atoms with Gasteiger partial charge in [0.15, 0.2) is 11.6 Å². The number of aromatic nitrogens is 2. The first-order valence-electron chi connectivity index (χ1n) is 7.12. The predicted molar refractivity (Wildman–Crippen MR) is 82.4 cm³/mol. The molecule has 3 aromatic rings. The van der Waals surface area contributed by atoms with E-state index in [1.165, 1.54) is 6.07 Å². The molecule has 1 atom stereocenters. The van der Waals surface area contributed by atoms with Crippen molar-refractivity contribution in [2.75, 3.05) is 6.61 Å². The van der Waals surface area contributed by atoms with E-state index in [2.05, 4.69) is 4.98 Å². The van der Waals surface area contributed by atoms with E-state index in [4.69, 9.17) is 4.74 Å². The van der Waals surface area contributed by atoms with Crippen LogP contribution in [-0.2, 0) is 6.54 Å². The Hall–Kier alpha value is -2.40. The third kappa shape index (κ3) is 2.94. The minimum absolute atomic E-state index is 0.0207. The molecule has 0 fully saturated rings. The number of aryl methyl sites for hydroxylation is 1. The highest BCUT2D eigenvalue weighted by Crippen LogP contribution is 2.18. The molecule has 0 saturated carbocycles. The molecule has 1 aromatic heterocycles. The number of rotatable bonds is 5. The van der Waals surface area contributed by atoms with Gasteiger partial charge in [-0.2, -0.15) is 0 Å². The second-order valence-electron chi connectivity index (χ2n) is 5.15. The van der Waals surface area contributed by atoms with E-state index >= 15 is 0 Å². The summed E-state index contributed by atoms with van der Waals surface area (Å²) in [5, 5.41) is 10.2. The van der Waals surface area contributed by atoms with Gasteiger partial charge < -0.3 is 14.4 Å². The van der Waals surface area contributed by atoms with Crippen molar-refractivity contribution in [3.63, 3.8) is 0 Å². The molecule has 0 radical (unpaired) electrons. The van der Waals surface area contributed by atoms with Crippen molar-refractivity contribution in [1.29, 1.82) is 0 Å². The van der Waals surface area contributed by atoms with Crippen molar-refractivity contribution in [3.05, 3.63) is 60.2 Å². The number of para-hydroxylation sites is 3. The topological polar surface area (TPSA) is 47.3 Å². The highest BCUT2D eigenvalue weighted by molar-refractivity contribution is 5.75. The lowest BCUT2D eigenvalue weighted by Gasteiger charge is -2.15. The Labute approximate surface area is 127 Å². The largest absolute Gasteiger partial charge is 0.488 e. The summed E-state index contributed by atoms with van der Waals surface area (Å²) in [7, 11) is 0. The number of ether oxygens (including phenoxy) is 1. The zero-order chi connectivity index (χ0) is 15.5. The fraction of sp³-hybridized carbons (Fsp3) is 0.235. The average molecular weight is 300 g/mol. The van der Waals surface area contributed by atoms with Gasteiger partial charge in [0.2, 0.25) is 0 Å². The Morgan fingerprint density at radius 1 is 1.18 bits per heavy atom. The van der Waals surface area contributed by atoms with Gasteiger partial charge in [0.25, 0.3) is 0 Å². The van der Waals surface area contributed by atoms with Crippen LogP contribution in [0.5, 0.6) is 5.75 Å². The molecule has 0 aliphatic carbocycles. The van der Waals surface area contributed by atoms with Gasteiger partial charge in [0, 0.05) is 0 Å². The van der Waals surface area contributed by atoms with Crippen LogP contribution in [0, 0.1) is 12.7 Å². The first-order valence-corrected chi connectivity index (χ1v) is 7.12. The maximum atomic E-state index is 13.5. The Morgan fingerprint density at radius 2 is 1.91 bits per heavy atom. The van der Waals surface area contributed by atoms with Crippen molar-refractivity contribution in [2.24, 2.45) is 0 Å². The molecule has 0 aliphatic rings. The molecule has 5 heteroatoms. The number of imidazole rings is 1. The lowest BCUT2D eigenvalue weighted by atomic mass is 10.3. The molecule has 4 nitrogen and oxygen atoms in total. The molecule has 3 rings (SSSR count). The molecule has 114 valence electrons. The van der Waals surface area contributed by atoms with Crippen LogP contribution < -0.4 is 4.74 Å². The smallest absolute Gasteiger partial charge is 0.165 e. The highest BCUT2D eigenvalue weighted by Gasteiger charge is 2.13. The van der Waals surface area contributed by atoms with Gasteiger partial charge in [-0.15, -0.1) is 0 Å². The van der Waals surface area contributed by atoms with Crippen LogP contribution in [0.25, 0.3) is 11.0 Å². The summed E-state index contributed by atoms with van der Waals surface area (Å²) >= 11 is 0. The van der Waals surface area contributed by atoms with E-state index in [1.807, 2.05) is 35.8 Å². The lowest BCUT2D eigenvalue weighted by Crippen LogP contribution is -2.24. The minimum atomic E-state index is -0.754. The van der Waals surface area contributed by atoms with E-state index in [0.717, 1.165) is 16.9 Å². The summed E-state index contributed by atoms with van der Waals surface area (Å²) in [6.07, 6.45) is -0.754. The fourth-order valence-electron chi connectivity index (χ4n) is 2.44. The van der Waals surface area contributed by atoms with Gasteiger partial charge in [-0.25, -0.2) is 9.37 Å². The zero-order valence-electron chi connectivity index (χ0n) is 12.2. The lowest BCUT2D eigenvalue weighted by molar-refractivity contribution is 0.0909. The summed E-state index contributed by atoms with van der Waals surface area (Å²) in [6.45, 7) is 2.26. The second-order valence-corrected chi connectivity index (χ2v) is 5.15. The molecule has 0 spiro atoms. The fourth-order valence-corrected chi connectivity index (χ4v) is 2.44. The average Bonchev–Trinajstić information content (AvgIpc) is 2.83. The van der Waals surface area contributed by atoms with Crippen LogP contribution >= 0.6 is 0 Å². The van der Waals surface area contributed by atoms with E-state index in [-0.39, 0.29) is 12.4 Å².